The Hall–Kier alpha value is -1.72. The predicted molar refractivity (Wildman–Crippen MR) is 89.2 cm³/mol. The van der Waals surface area contributed by atoms with Crippen LogP contribution in [-0.4, -0.2) is 13.0 Å². The van der Waals surface area contributed by atoms with Crippen LogP contribution in [0.15, 0.2) is 34.8 Å². The zero-order chi connectivity index (χ0) is 15.6. The Balaban J connectivity index is 2.26. The molecule has 6 heteroatoms. The Labute approximate surface area is 136 Å². The second kappa shape index (κ2) is 6.37. The summed E-state index contributed by atoms with van der Waals surface area (Å²) in [6.45, 7) is 1.89. The van der Waals surface area contributed by atoms with Crippen LogP contribution in [0.2, 0.25) is 5.02 Å². The lowest BCUT2D eigenvalue weighted by atomic mass is 10.1. The van der Waals surface area contributed by atoms with Gasteiger partial charge in [0.15, 0.2) is 0 Å². The van der Waals surface area contributed by atoms with Crippen molar-refractivity contribution in [1.82, 2.24) is 0 Å². The Morgan fingerprint density at radius 2 is 2.05 bits per heavy atom. The zero-order valence-electron chi connectivity index (χ0n) is 11.5. The first-order valence-electron chi connectivity index (χ1n) is 6.13. The number of hydrogen-bond donors (Lipinski definition) is 2. The Morgan fingerprint density at radius 3 is 2.67 bits per heavy atom. The molecule has 4 nitrogen and oxygen atoms in total. The summed E-state index contributed by atoms with van der Waals surface area (Å²) in [4.78, 5) is 12.2. The minimum Gasteiger partial charge on any atom is -0.495 e. The summed E-state index contributed by atoms with van der Waals surface area (Å²) >= 11 is 9.47. The quantitative estimate of drug-likeness (QED) is 0.795. The molecule has 0 aromatic heterocycles. The number of methoxy groups -OCH3 is 1. The molecule has 2 rings (SSSR count). The van der Waals surface area contributed by atoms with E-state index in [0.29, 0.717) is 27.7 Å². The van der Waals surface area contributed by atoms with Gasteiger partial charge in [-0.2, -0.15) is 0 Å². The van der Waals surface area contributed by atoms with E-state index in [1.165, 1.54) is 7.11 Å². The van der Waals surface area contributed by atoms with Gasteiger partial charge in [0.2, 0.25) is 0 Å². The molecule has 0 radical (unpaired) electrons. The number of halogens is 2. The van der Waals surface area contributed by atoms with Crippen LogP contribution in [0.3, 0.4) is 0 Å². The van der Waals surface area contributed by atoms with E-state index in [2.05, 4.69) is 21.2 Å². The largest absolute Gasteiger partial charge is 0.495 e. The van der Waals surface area contributed by atoms with Gasteiger partial charge in [-0.3, -0.25) is 4.79 Å². The van der Waals surface area contributed by atoms with Gasteiger partial charge in [-0.15, -0.1) is 0 Å². The van der Waals surface area contributed by atoms with Gasteiger partial charge in [-0.1, -0.05) is 11.6 Å². The monoisotopic (exact) mass is 368 g/mol. The summed E-state index contributed by atoms with van der Waals surface area (Å²) in [5.41, 5.74) is 8.18. The van der Waals surface area contributed by atoms with Crippen molar-refractivity contribution >= 4 is 44.8 Å². The maximum Gasteiger partial charge on any atom is 0.255 e. The summed E-state index contributed by atoms with van der Waals surface area (Å²) in [5, 5.41) is 3.38. The molecule has 2 aromatic carbocycles. The molecular weight excluding hydrogens is 356 g/mol. The third kappa shape index (κ3) is 3.49. The number of nitrogens with one attached hydrogen (secondary N) is 1. The van der Waals surface area contributed by atoms with Gasteiger partial charge >= 0.3 is 0 Å². The lowest BCUT2D eigenvalue weighted by molar-refractivity contribution is 0.102. The zero-order valence-corrected chi connectivity index (χ0v) is 13.9. The first-order chi connectivity index (χ1) is 9.92. The Bertz CT molecular complexity index is 704. The Morgan fingerprint density at radius 1 is 1.33 bits per heavy atom. The molecule has 0 aliphatic heterocycles. The first-order valence-corrected chi connectivity index (χ1v) is 7.30. The van der Waals surface area contributed by atoms with E-state index in [1.807, 2.05) is 13.0 Å². The molecule has 110 valence electrons. The Kier molecular flexibility index (Phi) is 4.75. The molecule has 21 heavy (non-hydrogen) atoms. The number of amides is 1. The summed E-state index contributed by atoms with van der Waals surface area (Å²) in [5.74, 6) is 0.260. The second-order valence-corrected chi connectivity index (χ2v) is 5.75. The van der Waals surface area contributed by atoms with Crippen molar-refractivity contribution < 1.29 is 9.53 Å². The summed E-state index contributed by atoms with van der Waals surface area (Å²) in [6, 6.07) is 8.42. The highest BCUT2D eigenvalue weighted by atomic mass is 79.9. The third-order valence-corrected chi connectivity index (χ3v) is 4.05. The molecule has 0 saturated carbocycles. The van der Waals surface area contributed by atoms with Gasteiger partial charge in [0, 0.05) is 15.1 Å². The van der Waals surface area contributed by atoms with Gasteiger partial charge in [0.05, 0.1) is 18.5 Å². The van der Waals surface area contributed by atoms with Crippen LogP contribution < -0.4 is 15.8 Å². The average Bonchev–Trinajstić information content (AvgIpc) is 2.44. The lowest BCUT2D eigenvalue weighted by Gasteiger charge is -2.11. The number of nitrogen functional groups attached to an aromatic ring is 1. The molecule has 0 unspecified atom stereocenters. The van der Waals surface area contributed by atoms with Gasteiger partial charge in [0.25, 0.3) is 5.91 Å². The van der Waals surface area contributed by atoms with Crippen molar-refractivity contribution in [3.63, 3.8) is 0 Å². The smallest absolute Gasteiger partial charge is 0.255 e. The van der Waals surface area contributed by atoms with Crippen molar-refractivity contribution in [3.05, 3.63) is 51.0 Å². The van der Waals surface area contributed by atoms with Gasteiger partial charge < -0.3 is 15.8 Å². The number of ether oxygens (including phenoxy) is 1. The summed E-state index contributed by atoms with van der Waals surface area (Å²) in [7, 11) is 1.52. The maximum atomic E-state index is 12.2. The average molecular weight is 370 g/mol. The molecule has 0 saturated heterocycles. The standard InChI is InChI=1S/C15H14BrClN2O2/c1-8-5-10(16)13(7-11(8)17)19-15(20)9-3-4-14(21-2)12(18)6-9/h3-7H,18H2,1-2H3,(H,19,20). The van der Waals surface area contributed by atoms with E-state index >= 15 is 0 Å². The highest BCUT2D eigenvalue weighted by Gasteiger charge is 2.12. The fourth-order valence-corrected chi connectivity index (χ4v) is 2.53. The molecule has 0 aliphatic carbocycles. The topological polar surface area (TPSA) is 64.3 Å². The van der Waals surface area contributed by atoms with E-state index in [9.17, 15) is 4.79 Å². The van der Waals surface area contributed by atoms with E-state index in [1.54, 1.807) is 24.3 Å². The van der Waals surface area contributed by atoms with E-state index in [-0.39, 0.29) is 5.91 Å². The van der Waals surface area contributed by atoms with Crippen molar-refractivity contribution in [1.29, 1.82) is 0 Å². The maximum absolute atomic E-state index is 12.2. The molecule has 2 aromatic rings. The second-order valence-electron chi connectivity index (χ2n) is 4.49. The van der Waals surface area contributed by atoms with E-state index < -0.39 is 0 Å². The molecule has 1 amide bonds. The van der Waals surface area contributed by atoms with Crippen molar-refractivity contribution in [3.8, 4) is 5.75 Å². The first kappa shape index (κ1) is 15.7. The SMILES string of the molecule is COc1ccc(C(=O)Nc2cc(Cl)c(C)cc2Br)cc1N. The van der Waals surface area contributed by atoms with Gasteiger partial charge in [-0.25, -0.2) is 0 Å². The van der Waals surface area contributed by atoms with Crippen molar-refractivity contribution in [2.24, 2.45) is 0 Å². The van der Waals surface area contributed by atoms with Crippen LogP contribution in [0, 0.1) is 6.92 Å². The van der Waals surface area contributed by atoms with Crippen LogP contribution >= 0.6 is 27.5 Å². The van der Waals surface area contributed by atoms with Crippen LogP contribution in [0.1, 0.15) is 15.9 Å². The third-order valence-electron chi connectivity index (χ3n) is 2.99. The molecule has 0 aliphatic rings. The number of carbonyl (C=O) groups is 1. The van der Waals surface area contributed by atoms with E-state index in [4.69, 9.17) is 22.1 Å². The van der Waals surface area contributed by atoms with Crippen molar-refractivity contribution in [2.75, 3.05) is 18.2 Å². The highest BCUT2D eigenvalue weighted by molar-refractivity contribution is 9.10. The lowest BCUT2D eigenvalue weighted by Crippen LogP contribution is -2.13. The predicted octanol–water partition coefficient (Wildman–Crippen LogP) is 4.25. The number of benzene rings is 2. The minimum absolute atomic E-state index is 0.273. The molecular formula is C15H14BrClN2O2. The molecule has 0 bridgehead atoms. The fourth-order valence-electron chi connectivity index (χ4n) is 1.81. The van der Waals surface area contributed by atoms with Crippen molar-refractivity contribution in [2.45, 2.75) is 6.92 Å². The molecule has 0 atom stereocenters. The number of carbonyl (C=O) groups excluding carboxylic acids is 1. The number of anilines is 2. The number of nitrogens with two attached hydrogens (primary N) is 1. The van der Waals surface area contributed by atoms with Gasteiger partial charge in [0.1, 0.15) is 5.75 Å². The molecule has 0 heterocycles. The fraction of sp³-hybridized carbons (Fsp3) is 0.133. The highest BCUT2D eigenvalue weighted by Crippen LogP contribution is 2.30. The van der Waals surface area contributed by atoms with Gasteiger partial charge in [-0.05, 0) is 58.7 Å². The minimum atomic E-state index is -0.273. The van der Waals surface area contributed by atoms with Crippen LogP contribution in [-0.2, 0) is 0 Å². The molecule has 0 fully saturated rings. The van der Waals surface area contributed by atoms with Crippen LogP contribution in [0.5, 0.6) is 5.75 Å². The molecule has 3 N–H and O–H groups in total. The summed E-state index contributed by atoms with van der Waals surface area (Å²) in [6.07, 6.45) is 0. The van der Waals surface area contributed by atoms with E-state index in [0.717, 1.165) is 10.0 Å². The van der Waals surface area contributed by atoms with Crippen LogP contribution in [0.4, 0.5) is 11.4 Å². The number of rotatable bonds is 3. The molecule has 0 spiro atoms. The van der Waals surface area contributed by atoms with Crippen LogP contribution in [0.25, 0.3) is 0 Å². The summed E-state index contributed by atoms with van der Waals surface area (Å²) < 4.78 is 5.83. The number of aryl methyl sites for hydroxylation is 1. The normalized spacial score (nSPS) is 10.3. The number of hydrogen-bond acceptors (Lipinski definition) is 3.